The Balaban J connectivity index is 2.32. The van der Waals surface area contributed by atoms with Gasteiger partial charge in [0, 0.05) is 6.07 Å². The fourth-order valence-electron chi connectivity index (χ4n) is 2.47. The van der Waals surface area contributed by atoms with Gasteiger partial charge in [0.05, 0.1) is 12.5 Å². The van der Waals surface area contributed by atoms with Crippen molar-refractivity contribution in [1.29, 1.82) is 0 Å². The number of ether oxygens (including phenoxy) is 2. The van der Waals surface area contributed by atoms with Gasteiger partial charge in [-0.1, -0.05) is 18.2 Å². The first kappa shape index (κ1) is 16.9. The Kier molecular flexibility index (Phi) is 4.16. The first-order valence-corrected chi connectivity index (χ1v) is 7.27. The number of para-hydroxylation sites is 1. The number of aryl methyl sites for hydroxylation is 1. The lowest BCUT2D eigenvalue weighted by Gasteiger charge is -2.14. The zero-order valence-electron chi connectivity index (χ0n) is 13.3. The summed E-state index contributed by atoms with van der Waals surface area (Å²) in [5.41, 5.74) is -0.679. The molecule has 7 heteroatoms. The van der Waals surface area contributed by atoms with Gasteiger partial charge in [-0.3, -0.25) is 4.79 Å². The van der Waals surface area contributed by atoms with Gasteiger partial charge in [-0.25, -0.2) is 0 Å². The fraction of sp³-hybridized carbons (Fsp3) is 0.167. The topological polar surface area (TPSA) is 48.7 Å². The van der Waals surface area contributed by atoms with Gasteiger partial charge in [0.15, 0.2) is 0 Å². The summed E-state index contributed by atoms with van der Waals surface area (Å²) in [6.45, 7) is 1.58. The van der Waals surface area contributed by atoms with Crippen molar-refractivity contribution in [1.82, 2.24) is 0 Å². The van der Waals surface area contributed by atoms with E-state index in [1.807, 2.05) is 0 Å². The lowest BCUT2D eigenvalue weighted by atomic mass is 10.1. The third-order valence-electron chi connectivity index (χ3n) is 3.58. The maximum atomic E-state index is 13.4. The highest BCUT2D eigenvalue weighted by atomic mass is 19.4. The number of fused-ring (bicyclic) bond motifs is 1. The molecule has 0 saturated carbocycles. The molecule has 1 aromatic heterocycles. The van der Waals surface area contributed by atoms with Crippen molar-refractivity contribution in [2.24, 2.45) is 0 Å². The van der Waals surface area contributed by atoms with Crippen LogP contribution in [0.15, 0.2) is 51.7 Å². The van der Waals surface area contributed by atoms with E-state index in [4.69, 9.17) is 13.9 Å². The Labute approximate surface area is 140 Å². The molecule has 0 fully saturated rings. The quantitative estimate of drug-likeness (QED) is 0.673. The van der Waals surface area contributed by atoms with Crippen LogP contribution in [0.1, 0.15) is 11.3 Å². The van der Waals surface area contributed by atoms with Crippen molar-refractivity contribution in [3.05, 3.63) is 64.0 Å². The van der Waals surface area contributed by atoms with Gasteiger partial charge in [-0.2, -0.15) is 13.2 Å². The van der Waals surface area contributed by atoms with Crippen LogP contribution in [-0.4, -0.2) is 7.11 Å². The van der Waals surface area contributed by atoms with Crippen LogP contribution in [0.5, 0.6) is 17.2 Å². The van der Waals surface area contributed by atoms with Gasteiger partial charge >= 0.3 is 6.18 Å². The van der Waals surface area contributed by atoms with Crippen molar-refractivity contribution in [3.63, 3.8) is 0 Å². The van der Waals surface area contributed by atoms with Crippen molar-refractivity contribution in [2.45, 2.75) is 13.1 Å². The van der Waals surface area contributed by atoms with Crippen LogP contribution in [0.25, 0.3) is 11.0 Å². The van der Waals surface area contributed by atoms with Crippen LogP contribution < -0.4 is 14.9 Å². The minimum atomic E-state index is -4.89. The number of methoxy groups -OCH3 is 1. The Hall–Kier alpha value is -2.96. The summed E-state index contributed by atoms with van der Waals surface area (Å²) in [6.07, 6.45) is -4.89. The van der Waals surface area contributed by atoms with Crippen molar-refractivity contribution in [3.8, 4) is 17.2 Å². The molecule has 130 valence electrons. The van der Waals surface area contributed by atoms with Crippen LogP contribution in [0.4, 0.5) is 13.2 Å². The lowest BCUT2D eigenvalue weighted by Crippen LogP contribution is -2.16. The zero-order chi connectivity index (χ0) is 18.2. The summed E-state index contributed by atoms with van der Waals surface area (Å²) < 4.78 is 55.4. The Bertz CT molecular complexity index is 976. The molecule has 0 bridgehead atoms. The molecular formula is C18H13F3O4. The fourth-order valence-corrected chi connectivity index (χ4v) is 2.47. The van der Waals surface area contributed by atoms with Gasteiger partial charge in [0.2, 0.25) is 11.2 Å². The van der Waals surface area contributed by atoms with E-state index in [0.29, 0.717) is 5.56 Å². The maximum absolute atomic E-state index is 13.4. The molecule has 25 heavy (non-hydrogen) atoms. The predicted molar refractivity (Wildman–Crippen MR) is 85.3 cm³/mol. The standard InChI is InChI=1S/C18H13F3O4/c1-10-8-12(23-2)9-13-14(10)15(22)16(17(25-13)18(19,20)21)24-11-6-4-3-5-7-11/h3-9H,1-2H3. The van der Waals surface area contributed by atoms with Gasteiger partial charge in [-0.15, -0.1) is 0 Å². The average Bonchev–Trinajstić information content (AvgIpc) is 2.56. The molecule has 2 aromatic carbocycles. The third kappa shape index (κ3) is 3.17. The van der Waals surface area contributed by atoms with E-state index >= 15 is 0 Å². The van der Waals surface area contributed by atoms with Gasteiger partial charge < -0.3 is 13.9 Å². The predicted octanol–water partition coefficient (Wildman–Crippen LogP) is 4.92. The number of halogens is 3. The van der Waals surface area contributed by atoms with E-state index in [9.17, 15) is 18.0 Å². The molecule has 0 spiro atoms. The second-order valence-electron chi connectivity index (χ2n) is 5.32. The Morgan fingerprint density at radius 1 is 1.04 bits per heavy atom. The van der Waals surface area contributed by atoms with Crippen molar-refractivity contribution in [2.75, 3.05) is 7.11 Å². The second kappa shape index (κ2) is 6.16. The highest BCUT2D eigenvalue weighted by Gasteiger charge is 2.40. The molecule has 1 heterocycles. The third-order valence-corrected chi connectivity index (χ3v) is 3.58. The molecule has 0 aliphatic heterocycles. The molecule has 4 nitrogen and oxygen atoms in total. The smallest absolute Gasteiger partial charge is 0.453 e. The van der Waals surface area contributed by atoms with Crippen molar-refractivity contribution >= 4 is 11.0 Å². The molecule has 0 saturated heterocycles. The SMILES string of the molecule is COc1cc(C)c2c(=O)c(Oc3ccccc3)c(C(F)(F)F)oc2c1. The van der Waals surface area contributed by atoms with E-state index in [-0.39, 0.29) is 22.5 Å². The van der Waals surface area contributed by atoms with Crippen LogP contribution >= 0.6 is 0 Å². The van der Waals surface area contributed by atoms with Gasteiger partial charge in [-0.05, 0) is 30.7 Å². The number of hydrogen-bond donors (Lipinski definition) is 0. The number of rotatable bonds is 3. The zero-order valence-corrected chi connectivity index (χ0v) is 13.3. The van der Waals surface area contributed by atoms with Crippen LogP contribution in [-0.2, 0) is 6.18 Å². The lowest BCUT2D eigenvalue weighted by molar-refractivity contribution is -0.154. The molecule has 0 unspecified atom stereocenters. The van der Waals surface area contributed by atoms with Crippen molar-refractivity contribution < 1.29 is 27.1 Å². The molecule has 0 aliphatic carbocycles. The number of hydrogen-bond acceptors (Lipinski definition) is 4. The molecule has 0 aliphatic rings. The first-order chi connectivity index (χ1) is 11.8. The van der Waals surface area contributed by atoms with Crippen LogP contribution in [0.3, 0.4) is 0 Å². The number of benzene rings is 2. The Morgan fingerprint density at radius 2 is 1.72 bits per heavy atom. The molecule has 0 radical (unpaired) electrons. The van der Waals surface area contributed by atoms with E-state index in [0.717, 1.165) is 0 Å². The molecule has 0 amide bonds. The molecule has 3 rings (SSSR count). The summed E-state index contributed by atoms with van der Waals surface area (Å²) in [7, 11) is 1.37. The summed E-state index contributed by atoms with van der Waals surface area (Å²) in [5, 5.41) is 0.0136. The van der Waals surface area contributed by atoms with Gasteiger partial charge in [0.25, 0.3) is 5.76 Å². The molecular weight excluding hydrogens is 337 g/mol. The van der Waals surface area contributed by atoms with E-state index < -0.39 is 23.1 Å². The van der Waals surface area contributed by atoms with Crippen LogP contribution in [0, 0.1) is 6.92 Å². The monoisotopic (exact) mass is 350 g/mol. The van der Waals surface area contributed by atoms with E-state index in [1.165, 1.54) is 25.3 Å². The molecule has 0 atom stereocenters. The minimum absolute atomic E-state index is 0.0136. The van der Waals surface area contributed by atoms with Gasteiger partial charge in [0.1, 0.15) is 17.1 Å². The number of alkyl halides is 3. The highest BCUT2D eigenvalue weighted by molar-refractivity contribution is 5.83. The largest absolute Gasteiger partial charge is 0.497 e. The normalized spacial score (nSPS) is 11.6. The van der Waals surface area contributed by atoms with E-state index in [2.05, 4.69) is 0 Å². The highest BCUT2D eigenvalue weighted by Crippen LogP contribution is 2.39. The first-order valence-electron chi connectivity index (χ1n) is 7.27. The average molecular weight is 350 g/mol. The summed E-state index contributed by atoms with van der Waals surface area (Å²) in [5.74, 6) is -1.98. The maximum Gasteiger partial charge on any atom is 0.453 e. The second-order valence-corrected chi connectivity index (χ2v) is 5.32. The summed E-state index contributed by atoms with van der Waals surface area (Å²) >= 11 is 0. The van der Waals surface area contributed by atoms with E-state index in [1.54, 1.807) is 31.2 Å². The minimum Gasteiger partial charge on any atom is -0.497 e. The summed E-state index contributed by atoms with van der Waals surface area (Å²) in [6, 6.07) is 10.5. The Morgan fingerprint density at radius 3 is 2.32 bits per heavy atom. The molecule has 0 N–H and O–H groups in total. The summed E-state index contributed by atoms with van der Waals surface area (Å²) in [4.78, 5) is 12.7. The molecule has 3 aromatic rings. The van der Waals surface area contributed by atoms with Crippen LogP contribution in [0.2, 0.25) is 0 Å².